The van der Waals surface area contributed by atoms with Gasteiger partial charge in [-0.25, -0.2) is 4.79 Å². The van der Waals surface area contributed by atoms with Gasteiger partial charge in [-0.05, 0) is 30.7 Å². The van der Waals surface area contributed by atoms with Crippen LogP contribution in [0.15, 0.2) is 54.6 Å². The van der Waals surface area contributed by atoms with Crippen LogP contribution in [0.4, 0.5) is 0 Å². The van der Waals surface area contributed by atoms with Gasteiger partial charge in [0.15, 0.2) is 0 Å². The van der Waals surface area contributed by atoms with E-state index >= 15 is 0 Å². The van der Waals surface area contributed by atoms with Crippen molar-refractivity contribution < 1.29 is 14.7 Å². The zero-order chi connectivity index (χ0) is 15.2. The van der Waals surface area contributed by atoms with E-state index in [1.807, 2.05) is 37.3 Å². The van der Waals surface area contributed by atoms with Crippen molar-refractivity contribution in [1.29, 1.82) is 0 Å². The van der Waals surface area contributed by atoms with E-state index in [2.05, 4.69) is 0 Å². The van der Waals surface area contributed by atoms with E-state index in [-0.39, 0.29) is 11.5 Å². The highest BCUT2D eigenvalue weighted by atomic mass is 16.4. The molecule has 0 atom stereocenters. The first kappa shape index (κ1) is 14.8. The molecule has 0 radical (unpaired) electrons. The molecule has 2 rings (SSSR count). The smallest absolute Gasteiger partial charge is 0.335 e. The Morgan fingerprint density at radius 2 is 1.67 bits per heavy atom. The molecule has 0 fully saturated rings. The standard InChI is InChI=1S/C17H17NO3/c1-2-18(12-13-7-4-3-5-8-13)16(19)14-9-6-10-15(11-14)17(20)21/h3-11H,2,12H2,1H3,(H,20,21). The van der Waals surface area contributed by atoms with E-state index in [1.165, 1.54) is 12.1 Å². The van der Waals surface area contributed by atoms with Crippen LogP contribution in [0.25, 0.3) is 0 Å². The third-order valence-corrected chi connectivity index (χ3v) is 3.24. The molecule has 0 saturated heterocycles. The number of hydrogen-bond donors (Lipinski definition) is 1. The largest absolute Gasteiger partial charge is 0.478 e. The van der Waals surface area contributed by atoms with Gasteiger partial charge in [-0.3, -0.25) is 4.79 Å². The number of nitrogens with zero attached hydrogens (tertiary/aromatic N) is 1. The van der Waals surface area contributed by atoms with Crippen LogP contribution >= 0.6 is 0 Å². The number of amides is 1. The lowest BCUT2D eigenvalue weighted by Crippen LogP contribution is -2.30. The second kappa shape index (κ2) is 6.70. The van der Waals surface area contributed by atoms with Crippen molar-refractivity contribution in [2.24, 2.45) is 0 Å². The molecule has 0 heterocycles. The Morgan fingerprint density at radius 1 is 1.00 bits per heavy atom. The van der Waals surface area contributed by atoms with E-state index in [0.29, 0.717) is 18.7 Å². The number of carboxylic acid groups (broad SMARTS) is 1. The van der Waals surface area contributed by atoms with Gasteiger partial charge in [-0.15, -0.1) is 0 Å². The van der Waals surface area contributed by atoms with E-state index in [9.17, 15) is 9.59 Å². The van der Waals surface area contributed by atoms with Gasteiger partial charge in [-0.1, -0.05) is 36.4 Å². The summed E-state index contributed by atoms with van der Waals surface area (Å²) in [4.78, 5) is 25.2. The molecule has 2 aromatic rings. The molecule has 21 heavy (non-hydrogen) atoms. The Hall–Kier alpha value is -2.62. The van der Waals surface area contributed by atoms with Gasteiger partial charge in [0.05, 0.1) is 5.56 Å². The zero-order valence-electron chi connectivity index (χ0n) is 11.8. The summed E-state index contributed by atoms with van der Waals surface area (Å²) in [7, 11) is 0. The molecule has 0 unspecified atom stereocenters. The molecule has 0 aliphatic carbocycles. The number of benzene rings is 2. The third kappa shape index (κ3) is 3.69. The zero-order valence-corrected chi connectivity index (χ0v) is 11.8. The lowest BCUT2D eigenvalue weighted by molar-refractivity contribution is 0.0697. The minimum absolute atomic E-state index is 0.122. The average molecular weight is 283 g/mol. The van der Waals surface area contributed by atoms with Crippen molar-refractivity contribution in [3.63, 3.8) is 0 Å². The first-order valence-electron chi connectivity index (χ1n) is 6.78. The van der Waals surface area contributed by atoms with Crippen molar-refractivity contribution in [3.05, 3.63) is 71.3 Å². The van der Waals surface area contributed by atoms with Crippen LogP contribution in [0, 0.1) is 0 Å². The Morgan fingerprint density at radius 3 is 2.29 bits per heavy atom. The summed E-state index contributed by atoms with van der Waals surface area (Å²) in [6.45, 7) is 2.97. The number of carboxylic acids is 1. The minimum atomic E-state index is -1.03. The number of carbonyl (C=O) groups excluding carboxylic acids is 1. The minimum Gasteiger partial charge on any atom is -0.478 e. The van der Waals surface area contributed by atoms with Gasteiger partial charge >= 0.3 is 5.97 Å². The third-order valence-electron chi connectivity index (χ3n) is 3.24. The van der Waals surface area contributed by atoms with Crippen molar-refractivity contribution in [1.82, 2.24) is 4.90 Å². The number of rotatable bonds is 5. The maximum Gasteiger partial charge on any atom is 0.335 e. The van der Waals surface area contributed by atoms with Crippen LogP contribution in [-0.2, 0) is 6.54 Å². The van der Waals surface area contributed by atoms with E-state index in [1.54, 1.807) is 17.0 Å². The van der Waals surface area contributed by atoms with Gasteiger partial charge < -0.3 is 10.0 Å². The first-order chi connectivity index (χ1) is 10.1. The Kier molecular flexibility index (Phi) is 4.72. The van der Waals surface area contributed by atoms with E-state index in [0.717, 1.165) is 5.56 Å². The van der Waals surface area contributed by atoms with Crippen LogP contribution < -0.4 is 0 Å². The Labute approximate surface area is 123 Å². The molecular weight excluding hydrogens is 266 g/mol. The predicted octanol–water partition coefficient (Wildman–Crippen LogP) is 3.05. The highest BCUT2D eigenvalue weighted by molar-refractivity contribution is 5.97. The number of hydrogen-bond acceptors (Lipinski definition) is 2. The summed E-state index contributed by atoms with van der Waals surface area (Å²) < 4.78 is 0. The Bertz CT molecular complexity index is 637. The normalized spacial score (nSPS) is 10.1. The maximum absolute atomic E-state index is 12.5. The van der Waals surface area contributed by atoms with Crippen molar-refractivity contribution in [3.8, 4) is 0 Å². The van der Waals surface area contributed by atoms with Gasteiger partial charge in [0.2, 0.25) is 0 Å². The molecule has 0 saturated carbocycles. The summed E-state index contributed by atoms with van der Waals surface area (Å²) in [6.07, 6.45) is 0. The number of aromatic carboxylic acids is 1. The molecule has 2 aromatic carbocycles. The van der Waals surface area contributed by atoms with Crippen LogP contribution in [0.3, 0.4) is 0 Å². The van der Waals surface area contributed by atoms with E-state index < -0.39 is 5.97 Å². The molecule has 108 valence electrons. The van der Waals surface area contributed by atoms with Gasteiger partial charge in [0, 0.05) is 18.7 Å². The molecule has 1 N–H and O–H groups in total. The summed E-state index contributed by atoms with van der Waals surface area (Å²) in [6, 6.07) is 15.8. The topological polar surface area (TPSA) is 57.6 Å². The fraction of sp³-hybridized carbons (Fsp3) is 0.176. The SMILES string of the molecule is CCN(Cc1ccccc1)C(=O)c1cccc(C(=O)O)c1. The van der Waals surface area contributed by atoms with Crippen LogP contribution in [-0.4, -0.2) is 28.4 Å². The second-order valence-corrected chi connectivity index (χ2v) is 4.69. The lowest BCUT2D eigenvalue weighted by Gasteiger charge is -2.21. The fourth-order valence-corrected chi connectivity index (χ4v) is 2.10. The Balaban J connectivity index is 2.20. The molecular formula is C17H17NO3. The highest BCUT2D eigenvalue weighted by Crippen LogP contribution is 2.12. The molecule has 4 nitrogen and oxygen atoms in total. The molecule has 1 amide bonds. The first-order valence-corrected chi connectivity index (χ1v) is 6.78. The maximum atomic E-state index is 12.5. The van der Waals surface area contributed by atoms with Gasteiger partial charge in [0.1, 0.15) is 0 Å². The van der Waals surface area contributed by atoms with Crippen molar-refractivity contribution >= 4 is 11.9 Å². The quantitative estimate of drug-likeness (QED) is 0.917. The summed E-state index contributed by atoms with van der Waals surface area (Å²) in [5, 5.41) is 9.00. The molecule has 0 aliphatic heterocycles. The van der Waals surface area contributed by atoms with Gasteiger partial charge in [-0.2, -0.15) is 0 Å². The average Bonchev–Trinajstić information content (AvgIpc) is 2.53. The molecule has 0 bridgehead atoms. The second-order valence-electron chi connectivity index (χ2n) is 4.69. The summed E-state index contributed by atoms with van der Waals surface area (Å²) in [5.41, 5.74) is 1.56. The van der Waals surface area contributed by atoms with Crippen LogP contribution in [0.5, 0.6) is 0 Å². The van der Waals surface area contributed by atoms with Gasteiger partial charge in [0.25, 0.3) is 5.91 Å². The summed E-state index contributed by atoms with van der Waals surface area (Å²) >= 11 is 0. The predicted molar refractivity (Wildman–Crippen MR) is 80.3 cm³/mol. The fourth-order valence-electron chi connectivity index (χ4n) is 2.10. The van der Waals surface area contributed by atoms with Crippen LogP contribution in [0.1, 0.15) is 33.2 Å². The number of carbonyl (C=O) groups is 2. The molecule has 0 aromatic heterocycles. The highest BCUT2D eigenvalue weighted by Gasteiger charge is 2.16. The molecule has 4 heteroatoms. The molecule has 0 spiro atoms. The van der Waals surface area contributed by atoms with Crippen LogP contribution in [0.2, 0.25) is 0 Å². The monoisotopic (exact) mass is 283 g/mol. The molecule has 0 aliphatic rings. The summed E-state index contributed by atoms with van der Waals surface area (Å²) in [5.74, 6) is -1.19. The van der Waals surface area contributed by atoms with Crippen molar-refractivity contribution in [2.45, 2.75) is 13.5 Å². The van der Waals surface area contributed by atoms with E-state index in [4.69, 9.17) is 5.11 Å². The lowest BCUT2D eigenvalue weighted by atomic mass is 10.1. The van der Waals surface area contributed by atoms with Crippen molar-refractivity contribution in [2.75, 3.05) is 6.54 Å².